The fourth-order valence-electron chi connectivity index (χ4n) is 3.11. The van der Waals surface area contributed by atoms with Crippen molar-refractivity contribution in [2.75, 3.05) is 30.3 Å². The molecule has 0 radical (unpaired) electrons. The van der Waals surface area contributed by atoms with E-state index in [4.69, 9.17) is 9.47 Å². The van der Waals surface area contributed by atoms with Gasteiger partial charge < -0.3 is 9.47 Å². The van der Waals surface area contributed by atoms with Gasteiger partial charge in [-0.15, -0.1) is 0 Å². The van der Waals surface area contributed by atoms with E-state index in [2.05, 4.69) is 10.5 Å². The van der Waals surface area contributed by atoms with E-state index >= 15 is 0 Å². The number of hydrogen-bond donors (Lipinski definition) is 1. The van der Waals surface area contributed by atoms with Gasteiger partial charge in [-0.1, -0.05) is 25.1 Å². The Morgan fingerprint density at radius 1 is 1.09 bits per heavy atom. The molecule has 1 N–H and O–H groups in total. The number of sulfonamides is 1. The highest BCUT2D eigenvalue weighted by molar-refractivity contribution is 7.92. The summed E-state index contributed by atoms with van der Waals surface area (Å²) in [4.78, 5) is 12.5. The minimum absolute atomic E-state index is 0.379. The standard InChI is InChI=1S/C23H31N3O5S/c1-6-13-31-20-12-11-19(14-21(20)30-7-2)15-24-25-22(27)16-26(32(5,28)29)23-17(3)9-8-10-18(23)4/h8-12,14-15H,6-7,13,16H2,1-5H3,(H,25,27)/b24-15-. The SMILES string of the molecule is CCCOc1ccc(/C=N\NC(=O)CN(c2c(C)cccc2C)S(C)(=O)=O)cc1OCC. The molecule has 2 aromatic carbocycles. The van der Waals surface area contributed by atoms with E-state index in [-0.39, 0.29) is 6.54 Å². The minimum atomic E-state index is -3.67. The molecule has 0 spiro atoms. The molecule has 0 unspecified atom stereocenters. The zero-order valence-electron chi connectivity index (χ0n) is 19.2. The monoisotopic (exact) mass is 461 g/mol. The van der Waals surface area contributed by atoms with E-state index in [1.807, 2.05) is 19.9 Å². The highest BCUT2D eigenvalue weighted by atomic mass is 32.2. The molecule has 8 nitrogen and oxygen atoms in total. The van der Waals surface area contributed by atoms with Crippen LogP contribution in [0.25, 0.3) is 0 Å². The molecule has 0 fully saturated rings. The maximum atomic E-state index is 12.5. The maximum absolute atomic E-state index is 12.5. The Bertz CT molecular complexity index is 1050. The van der Waals surface area contributed by atoms with Gasteiger partial charge in [0.25, 0.3) is 5.91 Å². The van der Waals surface area contributed by atoms with Gasteiger partial charge in [-0.25, -0.2) is 13.8 Å². The van der Waals surface area contributed by atoms with Gasteiger partial charge in [-0.2, -0.15) is 5.10 Å². The summed E-state index contributed by atoms with van der Waals surface area (Å²) in [7, 11) is -3.67. The number of anilines is 1. The zero-order valence-corrected chi connectivity index (χ0v) is 20.0. The quantitative estimate of drug-likeness (QED) is 0.409. The van der Waals surface area contributed by atoms with Crippen molar-refractivity contribution < 1.29 is 22.7 Å². The molecule has 2 aromatic rings. The lowest BCUT2D eigenvalue weighted by atomic mass is 10.1. The Hall–Kier alpha value is -3.07. The second-order valence-electron chi connectivity index (χ2n) is 7.29. The van der Waals surface area contributed by atoms with Crippen LogP contribution in [-0.4, -0.2) is 46.6 Å². The van der Waals surface area contributed by atoms with Gasteiger partial charge in [0.2, 0.25) is 10.0 Å². The second kappa shape index (κ2) is 11.5. The highest BCUT2D eigenvalue weighted by Crippen LogP contribution is 2.28. The lowest BCUT2D eigenvalue weighted by molar-refractivity contribution is -0.119. The Labute approximate surface area is 190 Å². The summed E-state index contributed by atoms with van der Waals surface area (Å²) in [6.07, 6.45) is 3.42. The van der Waals surface area contributed by atoms with Crippen LogP contribution in [0.5, 0.6) is 11.5 Å². The van der Waals surface area contributed by atoms with Crippen LogP contribution in [0.2, 0.25) is 0 Å². The number of benzene rings is 2. The van der Waals surface area contributed by atoms with Crippen molar-refractivity contribution in [3.05, 3.63) is 53.1 Å². The van der Waals surface area contributed by atoms with Crippen molar-refractivity contribution in [1.82, 2.24) is 5.43 Å². The molecule has 0 aliphatic rings. The van der Waals surface area contributed by atoms with Crippen LogP contribution in [0.1, 0.15) is 37.0 Å². The van der Waals surface area contributed by atoms with E-state index < -0.39 is 15.9 Å². The summed E-state index contributed by atoms with van der Waals surface area (Å²) in [6, 6.07) is 10.8. The summed E-state index contributed by atoms with van der Waals surface area (Å²) in [6.45, 7) is 8.21. The first-order chi connectivity index (χ1) is 15.2. The molecule has 0 saturated heterocycles. The first-order valence-electron chi connectivity index (χ1n) is 10.4. The summed E-state index contributed by atoms with van der Waals surface area (Å²) in [5.74, 6) is 0.684. The number of aryl methyl sites for hydroxylation is 2. The van der Waals surface area contributed by atoms with E-state index in [9.17, 15) is 13.2 Å². The van der Waals surface area contributed by atoms with Gasteiger partial charge in [-0.05, 0) is 62.1 Å². The van der Waals surface area contributed by atoms with Crippen LogP contribution < -0.4 is 19.2 Å². The van der Waals surface area contributed by atoms with Crippen LogP contribution in [0, 0.1) is 13.8 Å². The lowest BCUT2D eigenvalue weighted by Gasteiger charge is -2.25. The van der Waals surface area contributed by atoms with E-state index in [0.29, 0.717) is 36.0 Å². The first kappa shape index (κ1) is 25.2. The van der Waals surface area contributed by atoms with Gasteiger partial charge >= 0.3 is 0 Å². The fraction of sp³-hybridized carbons (Fsp3) is 0.391. The third-order valence-electron chi connectivity index (χ3n) is 4.51. The van der Waals surface area contributed by atoms with Gasteiger partial charge in [0.15, 0.2) is 11.5 Å². The molecule has 0 atom stereocenters. The number of nitrogens with zero attached hydrogens (tertiary/aromatic N) is 2. The van der Waals surface area contributed by atoms with Gasteiger partial charge in [0.05, 0.1) is 31.4 Å². The topological polar surface area (TPSA) is 97.3 Å². The van der Waals surface area contributed by atoms with Gasteiger partial charge in [-0.3, -0.25) is 9.10 Å². The maximum Gasteiger partial charge on any atom is 0.260 e. The van der Waals surface area contributed by atoms with Gasteiger partial charge in [0.1, 0.15) is 6.54 Å². The number of amides is 1. The Kier molecular flexibility index (Phi) is 9.07. The number of hydrogen-bond acceptors (Lipinski definition) is 6. The van der Waals surface area contributed by atoms with Crippen molar-refractivity contribution in [2.24, 2.45) is 5.10 Å². The number of nitrogens with one attached hydrogen (secondary N) is 1. The number of hydrazone groups is 1. The van der Waals surface area contributed by atoms with Crippen LogP contribution in [0.3, 0.4) is 0 Å². The Morgan fingerprint density at radius 3 is 2.38 bits per heavy atom. The molecular formula is C23H31N3O5S. The number of carbonyl (C=O) groups excluding carboxylic acids is 1. The zero-order chi connectivity index (χ0) is 23.7. The predicted molar refractivity (Wildman–Crippen MR) is 127 cm³/mol. The van der Waals surface area contributed by atoms with Crippen molar-refractivity contribution in [2.45, 2.75) is 34.1 Å². The molecular weight excluding hydrogens is 430 g/mol. The molecule has 0 saturated carbocycles. The fourth-order valence-corrected chi connectivity index (χ4v) is 4.08. The number of carbonyl (C=O) groups is 1. The molecule has 1 amide bonds. The van der Waals surface area contributed by atoms with Gasteiger partial charge in [0, 0.05) is 0 Å². The second-order valence-corrected chi connectivity index (χ2v) is 9.20. The average Bonchev–Trinajstić information content (AvgIpc) is 2.72. The first-order valence-corrected chi connectivity index (χ1v) is 12.3. The molecule has 174 valence electrons. The number of ether oxygens (including phenoxy) is 2. The van der Waals surface area contributed by atoms with Crippen molar-refractivity contribution in [3.63, 3.8) is 0 Å². The molecule has 32 heavy (non-hydrogen) atoms. The van der Waals surface area contributed by atoms with Crippen molar-refractivity contribution >= 4 is 27.8 Å². The number of para-hydroxylation sites is 1. The van der Waals surface area contributed by atoms with Crippen LogP contribution in [-0.2, 0) is 14.8 Å². The minimum Gasteiger partial charge on any atom is -0.490 e. The largest absolute Gasteiger partial charge is 0.490 e. The van der Waals surface area contributed by atoms with Crippen molar-refractivity contribution in [1.29, 1.82) is 0 Å². The lowest BCUT2D eigenvalue weighted by Crippen LogP contribution is -2.39. The molecule has 0 aliphatic heterocycles. The Balaban J connectivity index is 2.13. The number of rotatable bonds is 11. The average molecular weight is 462 g/mol. The third-order valence-corrected chi connectivity index (χ3v) is 5.62. The molecule has 0 aromatic heterocycles. The molecule has 0 bridgehead atoms. The molecule has 0 heterocycles. The smallest absolute Gasteiger partial charge is 0.260 e. The van der Waals surface area contributed by atoms with E-state index in [1.165, 1.54) is 6.21 Å². The highest BCUT2D eigenvalue weighted by Gasteiger charge is 2.23. The summed E-state index contributed by atoms with van der Waals surface area (Å²) >= 11 is 0. The normalized spacial score (nSPS) is 11.4. The summed E-state index contributed by atoms with van der Waals surface area (Å²) in [5.41, 5.74) is 5.12. The third kappa shape index (κ3) is 6.98. The van der Waals surface area contributed by atoms with Crippen LogP contribution in [0.15, 0.2) is 41.5 Å². The molecule has 0 aliphatic carbocycles. The summed E-state index contributed by atoms with van der Waals surface area (Å²) < 4.78 is 37.1. The van der Waals surface area contributed by atoms with E-state index in [1.54, 1.807) is 44.2 Å². The van der Waals surface area contributed by atoms with Crippen LogP contribution >= 0.6 is 0 Å². The van der Waals surface area contributed by atoms with Crippen LogP contribution in [0.4, 0.5) is 5.69 Å². The molecule has 2 rings (SSSR count). The molecule has 9 heteroatoms. The predicted octanol–water partition coefficient (Wildman–Crippen LogP) is 3.41. The van der Waals surface area contributed by atoms with Crippen molar-refractivity contribution in [3.8, 4) is 11.5 Å². The summed E-state index contributed by atoms with van der Waals surface area (Å²) in [5, 5.41) is 3.97. The Morgan fingerprint density at radius 2 is 1.78 bits per heavy atom. The van der Waals surface area contributed by atoms with E-state index in [0.717, 1.165) is 28.1 Å².